The van der Waals surface area contributed by atoms with E-state index in [4.69, 9.17) is 15.2 Å². The molecule has 1 aliphatic rings. The standard InChI is InChI=1S/C15H16N2O3S/c1-8-3-10(21-9(8)2)6-17-15(18)11-4-13-14(5-12(11)16)20-7-19-13/h3-5H,6-7,16H2,1-2H3,(H,17,18). The second kappa shape index (κ2) is 5.29. The van der Waals surface area contributed by atoms with Crippen molar-refractivity contribution in [3.05, 3.63) is 39.1 Å². The summed E-state index contributed by atoms with van der Waals surface area (Å²) >= 11 is 1.69. The van der Waals surface area contributed by atoms with Crippen LogP contribution >= 0.6 is 11.3 Å². The van der Waals surface area contributed by atoms with Crippen LogP contribution < -0.4 is 20.5 Å². The fourth-order valence-electron chi connectivity index (χ4n) is 2.15. The second-order valence-electron chi connectivity index (χ2n) is 4.93. The van der Waals surface area contributed by atoms with E-state index in [1.165, 1.54) is 10.4 Å². The first kappa shape index (κ1) is 13.8. The molecule has 3 rings (SSSR count). The Hall–Kier alpha value is -2.21. The van der Waals surface area contributed by atoms with Gasteiger partial charge in [0.05, 0.1) is 12.1 Å². The van der Waals surface area contributed by atoms with Gasteiger partial charge in [0, 0.05) is 21.5 Å². The number of ether oxygens (including phenoxy) is 2. The molecule has 5 nitrogen and oxygen atoms in total. The van der Waals surface area contributed by atoms with Crippen molar-refractivity contribution in [2.24, 2.45) is 0 Å². The highest BCUT2D eigenvalue weighted by atomic mass is 32.1. The minimum Gasteiger partial charge on any atom is -0.454 e. The van der Waals surface area contributed by atoms with E-state index >= 15 is 0 Å². The monoisotopic (exact) mass is 304 g/mol. The highest BCUT2D eigenvalue weighted by Gasteiger charge is 2.19. The van der Waals surface area contributed by atoms with Crippen molar-refractivity contribution >= 4 is 22.9 Å². The lowest BCUT2D eigenvalue weighted by Crippen LogP contribution is -2.23. The van der Waals surface area contributed by atoms with Gasteiger partial charge in [0.2, 0.25) is 6.79 Å². The van der Waals surface area contributed by atoms with E-state index in [0.29, 0.717) is 29.3 Å². The summed E-state index contributed by atoms with van der Waals surface area (Å²) in [5.41, 5.74) is 7.93. The number of amides is 1. The minimum absolute atomic E-state index is 0.160. The topological polar surface area (TPSA) is 73.6 Å². The summed E-state index contributed by atoms with van der Waals surface area (Å²) in [6, 6.07) is 5.33. The molecule has 0 bridgehead atoms. The fraction of sp³-hybridized carbons (Fsp3) is 0.267. The molecular weight excluding hydrogens is 288 g/mol. The summed E-state index contributed by atoms with van der Waals surface area (Å²) in [7, 11) is 0. The molecule has 0 aliphatic carbocycles. The molecule has 1 amide bonds. The summed E-state index contributed by atoms with van der Waals surface area (Å²) in [5.74, 6) is 0.917. The van der Waals surface area contributed by atoms with Crippen molar-refractivity contribution in [1.29, 1.82) is 0 Å². The molecule has 1 aromatic carbocycles. The Kier molecular flexibility index (Phi) is 3.47. The molecule has 0 fully saturated rings. The van der Waals surface area contributed by atoms with Crippen molar-refractivity contribution < 1.29 is 14.3 Å². The molecule has 6 heteroatoms. The average Bonchev–Trinajstić information content (AvgIpc) is 3.02. The van der Waals surface area contributed by atoms with Crippen LogP contribution in [0.15, 0.2) is 18.2 Å². The predicted octanol–water partition coefficient (Wildman–Crippen LogP) is 2.61. The molecule has 21 heavy (non-hydrogen) atoms. The highest BCUT2D eigenvalue weighted by Crippen LogP contribution is 2.35. The van der Waals surface area contributed by atoms with Crippen molar-refractivity contribution in [2.45, 2.75) is 20.4 Å². The highest BCUT2D eigenvalue weighted by molar-refractivity contribution is 7.12. The zero-order valence-electron chi connectivity index (χ0n) is 11.9. The Morgan fingerprint density at radius 3 is 2.67 bits per heavy atom. The van der Waals surface area contributed by atoms with Crippen molar-refractivity contribution in [3.8, 4) is 11.5 Å². The maximum Gasteiger partial charge on any atom is 0.253 e. The van der Waals surface area contributed by atoms with Gasteiger partial charge in [-0.1, -0.05) is 0 Å². The summed E-state index contributed by atoms with van der Waals surface area (Å²) in [5, 5.41) is 2.88. The molecule has 0 radical (unpaired) electrons. The van der Waals surface area contributed by atoms with Gasteiger partial charge in [-0.25, -0.2) is 0 Å². The van der Waals surface area contributed by atoms with E-state index in [2.05, 4.69) is 25.2 Å². The van der Waals surface area contributed by atoms with Crippen LogP contribution in [0.2, 0.25) is 0 Å². The molecule has 2 heterocycles. The third-order valence-corrected chi connectivity index (χ3v) is 4.58. The van der Waals surface area contributed by atoms with Crippen LogP contribution in [0.5, 0.6) is 11.5 Å². The van der Waals surface area contributed by atoms with Crippen LogP contribution in [0.4, 0.5) is 5.69 Å². The first-order valence-electron chi connectivity index (χ1n) is 6.58. The third kappa shape index (κ3) is 2.67. The van der Waals surface area contributed by atoms with E-state index in [1.54, 1.807) is 23.5 Å². The van der Waals surface area contributed by atoms with Crippen LogP contribution in [0, 0.1) is 13.8 Å². The molecule has 0 atom stereocenters. The Bertz CT molecular complexity index is 690. The van der Waals surface area contributed by atoms with Gasteiger partial charge in [0.25, 0.3) is 5.91 Å². The number of anilines is 1. The molecule has 0 unspecified atom stereocenters. The number of nitrogens with one attached hydrogen (secondary N) is 1. The van der Waals surface area contributed by atoms with Crippen LogP contribution in [0.1, 0.15) is 25.7 Å². The Morgan fingerprint density at radius 1 is 1.29 bits per heavy atom. The third-order valence-electron chi connectivity index (χ3n) is 3.43. The van der Waals surface area contributed by atoms with Gasteiger partial charge in [-0.2, -0.15) is 0 Å². The normalized spacial score (nSPS) is 12.5. The summed E-state index contributed by atoms with van der Waals surface area (Å²) in [6.45, 7) is 4.79. The maximum absolute atomic E-state index is 12.2. The number of hydrogen-bond donors (Lipinski definition) is 2. The first-order chi connectivity index (χ1) is 10.0. The second-order valence-corrected chi connectivity index (χ2v) is 6.27. The Morgan fingerprint density at radius 2 is 2.00 bits per heavy atom. The zero-order chi connectivity index (χ0) is 15.0. The van der Waals surface area contributed by atoms with Gasteiger partial charge >= 0.3 is 0 Å². The molecule has 0 saturated carbocycles. The molecule has 1 aliphatic heterocycles. The number of thiophene rings is 1. The van der Waals surface area contributed by atoms with E-state index in [1.807, 2.05) is 0 Å². The number of hydrogen-bond acceptors (Lipinski definition) is 5. The number of benzene rings is 1. The van der Waals surface area contributed by atoms with Crippen molar-refractivity contribution in [3.63, 3.8) is 0 Å². The van der Waals surface area contributed by atoms with Gasteiger partial charge in [0.15, 0.2) is 11.5 Å². The number of aryl methyl sites for hydroxylation is 2. The summed E-state index contributed by atoms with van der Waals surface area (Å²) < 4.78 is 10.5. The molecule has 2 aromatic rings. The number of carbonyl (C=O) groups excluding carboxylic acids is 1. The van der Waals surface area contributed by atoms with Crippen LogP contribution in [-0.2, 0) is 6.54 Å². The number of nitrogen functional groups attached to an aromatic ring is 1. The first-order valence-corrected chi connectivity index (χ1v) is 7.39. The fourth-order valence-corrected chi connectivity index (χ4v) is 3.15. The van der Waals surface area contributed by atoms with Crippen molar-refractivity contribution in [2.75, 3.05) is 12.5 Å². The maximum atomic E-state index is 12.2. The molecule has 0 spiro atoms. The zero-order valence-corrected chi connectivity index (χ0v) is 12.7. The smallest absolute Gasteiger partial charge is 0.253 e. The SMILES string of the molecule is Cc1cc(CNC(=O)c2cc3c(cc2N)OCO3)sc1C. The average molecular weight is 304 g/mol. The van der Waals surface area contributed by atoms with Crippen LogP contribution in [0.25, 0.3) is 0 Å². The van der Waals surface area contributed by atoms with E-state index in [0.717, 1.165) is 4.88 Å². The van der Waals surface area contributed by atoms with E-state index in [-0.39, 0.29) is 12.7 Å². The van der Waals surface area contributed by atoms with Gasteiger partial charge in [-0.15, -0.1) is 11.3 Å². The molecule has 110 valence electrons. The Balaban J connectivity index is 1.73. The lowest BCUT2D eigenvalue weighted by atomic mass is 10.1. The summed E-state index contributed by atoms with van der Waals surface area (Å²) in [4.78, 5) is 14.6. The van der Waals surface area contributed by atoms with Crippen molar-refractivity contribution in [1.82, 2.24) is 5.32 Å². The van der Waals surface area contributed by atoms with E-state index < -0.39 is 0 Å². The van der Waals surface area contributed by atoms with Gasteiger partial charge < -0.3 is 20.5 Å². The van der Waals surface area contributed by atoms with Gasteiger partial charge in [-0.3, -0.25) is 4.79 Å². The lowest BCUT2D eigenvalue weighted by Gasteiger charge is -2.08. The number of carbonyl (C=O) groups is 1. The van der Waals surface area contributed by atoms with Gasteiger partial charge in [0.1, 0.15) is 0 Å². The molecular formula is C15H16N2O3S. The molecule has 0 saturated heterocycles. The van der Waals surface area contributed by atoms with Crippen LogP contribution in [0.3, 0.4) is 0 Å². The number of rotatable bonds is 3. The predicted molar refractivity (Wildman–Crippen MR) is 81.9 cm³/mol. The van der Waals surface area contributed by atoms with Crippen LogP contribution in [-0.4, -0.2) is 12.7 Å². The minimum atomic E-state index is -0.213. The number of fused-ring (bicyclic) bond motifs is 1. The summed E-state index contributed by atoms with van der Waals surface area (Å²) in [6.07, 6.45) is 0. The van der Waals surface area contributed by atoms with E-state index in [9.17, 15) is 4.79 Å². The molecule has 3 N–H and O–H groups in total. The van der Waals surface area contributed by atoms with Gasteiger partial charge in [-0.05, 0) is 31.5 Å². The Labute approximate surface area is 126 Å². The largest absolute Gasteiger partial charge is 0.454 e. The lowest BCUT2D eigenvalue weighted by molar-refractivity contribution is 0.0951. The number of nitrogens with two attached hydrogens (primary N) is 1. The molecule has 1 aromatic heterocycles. The quantitative estimate of drug-likeness (QED) is 0.855.